The summed E-state index contributed by atoms with van der Waals surface area (Å²) in [6.45, 7) is 9.00. The van der Waals surface area contributed by atoms with E-state index in [1.165, 1.54) is 5.56 Å². The largest absolute Gasteiger partial charge is 0.476 e. The Morgan fingerprint density at radius 1 is 1.19 bits per heavy atom. The fourth-order valence-electron chi connectivity index (χ4n) is 1.77. The van der Waals surface area contributed by atoms with Gasteiger partial charge < -0.3 is 9.47 Å². The summed E-state index contributed by atoms with van der Waals surface area (Å²) < 4.78 is 11.2. The number of rotatable bonds is 6. The molecule has 0 aromatic heterocycles. The zero-order valence-electron chi connectivity index (χ0n) is 13.5. The van der Waals surface area contributed by atoms with E-state index >= 15 is 0 Å². The molecule has 0 unspecified atom stereocenters. The number of carbonyl (C=O) groups excluding carboxylic acids is 1. The Morgan fingerprint density at radius 3 is 2.43 bits per heavy atom. The summed E-state index contributed by atoms with van der Waals surface area (Å²) in [4.78, 5) is 12.2. The Kier molecular flexibility index (Phi) is 6.26. The van der Waals surface area contributed by atoms with Crippen molar-refractivity contribution < 1.29 is 14.3 Å². The highest BCUT2D eigenvalue weighted by Crippen LogP contribution is 2.23. The number of hydrogen-bond donors (Lipinski definition) is 0. The predicted octanol–water partition coefficient (Wildman–Crippen LogP) is 4.51. The van der Waals surface area contributed by atoms with Gasteiger partial charge in [-0.15, -0.1) is 0 Å². The van der Waals surface area contributed by atoms with E-state index in [0.717, 1.165) is 18.2 Å². The van der Waals surface area contributed by atoms with Gasteiger partial charge in [0.25, 0.3) is 0 Å². The monoisotopic (exact) mass is 356 g/mol. The molecule has 0 amide bonds. The lowest BCUT2D eigenvalue weighted by Crippen LogP contribution is -2.43. The van der Waals surface area contributed by atoms with Gasteiger partial charge in [-0.2, -0.15) is 0 Å². The van der Waals surface area contributed by atoms with E-state index in [-0.39, 0.29) is 5.97 Å². The number of carbonyl (C=O) groups is 1. The predicted molar refractivity (Wildman–Crippen MR) is 89.1 cm³/mol. The first kappa shape index (κ1) is 18.0. The molecule has 3 nitrogen and oxygen atoms in total. The molecule has 0 heterocycles. The maximum atomic E-state index is 12.2. The molecule has 0 aliphatic rings. The van der Waals surface area contributed by atoms with Crippen molar-refractivity contribution >= 4 is 21.9 Å². The molecule has 0 spiro atoms. The second-order valence-electron chi connectivity index (χ2n) is 6.55. The highest BCUT2D eigenvalue weighted by molar-refractivity contribution is 9.09. The second kappa shape index (κ2) is 7.30. The minimum Gasteiger partial charge on any atom is -0.476 e. The van der Waals surface area contributed by atoms with Gasteiger partial charge in [-0.3, -0.25) is 0 Å². The van der Waals surface area contributed by atoms with Crippen molar-refractivity contribution in [1.82, 2.24) is 0 Å². The minimum atomic E-state index is -1.01. The van der Waals surface area contributed by atoms with Gasteiger partial charge in [-0.25, -0.2) is 4.79 Å². The molecule has 0 aliphatic heterocycles. The van der Waals surface area contributed by atoms with E-state index in [4.69, 9.17) is 9.47 Å². The lowest BCUT2D eigenvalue weighted by Gasteiger charge is -2.29. The summed E-state index contributed by atoms with van der Waals surface area (Å²) >= 11 is 3.43. The van der Waals surface area contributed by atoms with Gasteiger partial charge in [0.05, 0.1) is 0 Å². The lowest BCUT2D eigenvalue weighted by atomic mass is 10.1. The molecule has 0 saturated carbocycles. The van der Waals surface area contributed by atoms with Crippen molar-refractivity contribution in [2.24, 2.45) is 0 Å². The highest BCUT2D eigenvalue weighted by Gasteiger charge is 2.34. The molecular formula is C17H25BrO3. The molecule has 1 aromatic carbocycles. The second-order valence-corrected chi connectivity index (χ2v) is 7.35. The fraction of sp³-hybridized carbons (Fsp3) is 0.588. The highest BCUT2D eigenvalue weighted by atomic mass is 79.9. The van der Waals surface area contributed by atoms with Crippen LogP contribution in [0.5, 0.6) is 5.75 Å². The summed E-state index contributed by atoms with van der Waals surface area (Å²) in [7, 11) is 0. The van der Waals surface area contributed by atoms with Crippen LogP contribution in [0.1, 0.15) is 46.6 Å². The van der Waals surface area contributed by atoms with Crippen LogP contribution < -0.4 is 4.74 Å². The molecule has 0 aliphatic carbocycles. The van der Waals surface area contributed by atoms with Gasteiger partial charge in [-0.1, -0.05) is 28.1 Å². The number of benzene rings is 1. The van der Waals surface area contributed by atoms with Gasteiger partial charge in [0.15, 0.2) is 5.60 Å². The number of aryl methyl sites for hydroxylation is 1. The van der Waals surface area contributed by atoms with E-state index in [9.17, 15) is 4.79 Å². The first-order valence-electron chi connectivity index (χ1n) is 7.21. The van der Waals surface area contributed by atoms with Crippen LogP contribution in [-0.4, -0.2) is 22.5 Å². The molecule has 0 bridgehead atoms. The van der Waals surface area contributed by atoms with Crippen molar-refractivity contribution in [3.63, 3.8) is 0 Å². The van der Waals surface area contributed by atoms with Gasteiger partial charge >= 0.3 is 5.97 Å². The number of alkyl halides is 1. The van der Waals surface area contributed by atoms with Crippen LogP contribution >= 0.6 is 15.9 Å². The van der Waals surface area contributed by atoms with Gasteiger partial charge in [-0.05, 0) is 65.2 Å². The average molecular weight is 357 g/mol. The third-order valence-corrected chi connectivity index (χ3v) is 3.32. The van der Waals surface area contributed by atoms with Crippen LogP contribution in [0.25, 0.3) is 0 Å². The molecule has 0 saturated heterocycles. The lowest BCUT2D eigenvalue weighted by molar-refractivity contribution is -0.170. The van der Waals surface area contributed by atoms with Crippen molar-refractivity contribution in [2.45, 2.75) is 58.7 Å². The molecule has 0 atom stereocenters. The van der Waals surface area contributed by atoms with Crippen molar-refractivity contribution in [1.29, 1.82) is 0 Å². The van der Waals surface area contributed by atoms with Gasteiger partial charge in [0.2, 0.25) is 0 Å². The van der Waals surface area contributed by atoms with E-state index in [2.05, 4.69) is 22.0 Å². The Hall–Kier alpha value is -1.03. The molecule has 0 fully saturated rings. The zero-order chi connectivity index (χ0) is 16.1. The molecule has 1 aromatic rings. The van der Waals surface area contributed by atoms with E-state index in [1.54, 1.807) is 13.8 Å². The molecule has 0 N–H and O–H groups in total. The van der Waals surface area contributed by atoms with Crippen LogP contribution in [-0.2, 0) is 16.0 Å². The number of ether oxygens (including phenoxy) is 2. The van der Waals surface area contributed by atoms with Crippen LogP contribution in [0.15, 0.2) is 24.3 Å². The standard InChI is InChI=1S/C17H25BrO3/c1-16(2,3)21-15(19)17(4,5)20-14-10-6-8-13(12-14)9-7-11-18/h6,8,10,12H,7,9,11H2,1-5H3. The molecule has 21 heavy (non-hydrogen) atoms. The van der Waals surface area contributed by atoms with Crippen molar-refractivity contribution in [3.05, 3.63) is 29.8 Å². The summed E-state index contributed by atoms with van der Waals surface area (Å²) in [5.74, 6) is 0.332. The topological polar surface area (TPSA) is 35.5 Å². The summed E-state index contributed by atoms with van der Waals surface area (Å²) in [5.41, 5.74) is -0.330. The SMILES string of the molecule is CC(C)(C)OC(=O)C(C)(C)Oc1cccc(CCCBr)c1. The van der Waals surface area contributed by atoms with Crippen LogP contribution in [0.3, 0.4) is 0 Å². The average Bonchev–Trinajstić information content (AvgIpc) is 2.34. The van der Waals surface area contributed by atoms with Crippen molar-refractivity contribution in [2.75, 3.05) is 5.33 Å². The molecule has 0 radical (unpaired) electrons. The summed E-state index contributed by atoms with van der Waals surface area (Å²) in [6.07, 6.45) is 2.05. The maximum Gasteiger partial charge on any atom is 0.350 e. The Labute approximate surface area is 136 Å². The first-order valence-corrected chi connectivity index (χ1v) is 8.33. The van der Waals surface area contributed by atoms with Gasteiger partial charge in [0.1, 0.15) is 11.4 Å². The minimum absolute atomic E-state index is 0.360. The van der Waals surface area contributed by atoms with Gasteiger partial charge in [0, 0.05) is 5.33 Å². The van der Waals surface area contributed by atoms with Crippen molar-refractivity contribution in [3.8, 4) is 5.75 Å². The Morgan fingerprint density at radius 2 is 1.86 bits per heavy atom. The van der Waals surface area contributed by atoms with E-state index in [1.807, 2.05) is 39.0 Å². The molecule has 1 rings (SSSR count). The first-order chi connectivity index (χ1) is 9.64. The van der Waals surface area contributed by atoms with Crippen LogP contribution in [0.4, 0.5) is 0 Å². The third kappa shape index (κ3) is 6.51. The summed E-state index contributed by atoms with van der Waals surface area (Å²) in [5, 5.41) is 0.974. The quantitative estimate of drug-likeness (QED) is 0.555. The Bertz CT molecular complexity index is 475. The maximum absolute atomic E-state index is 12.2. The van der Waals surface area contributed by atoms with E-state index < -0.39 is 11.2 Å². The fourth-order valence-corrected chi connectivity index (χ4v) is 2.05. The van der Waals surface area contributed by atoms with Crippen LogP contribution in [0, 0.1) is 0 Å². The molecule has 4 heteroatoms. The molecule has 118 valence electrons. The Balaban J connectivity index is 2.76. The third-order valence-electron chi connectivity index (χ3n) is 2.76. The number of hydrogen-bond acceptors (Lipinski definition) is 3. The zero-order valence-corrected chi connectivity index (χ0v) is 15.1. The number of halogens is 1. The van der Waals surface area contributed by atoms with E-state index in [0.29, 0.717) is 5.75 Å². The summed E-state index contributed by atoms with van der Waals surface area (Å²) in [6, 6.07) is 7.86. The smallest absolute Gasteiger partial charge is 0.350 e. The normalized spacial score (nSPS) is 12.1. The number of esters is 1. The van der Waals surface area contributed by atoms with Crippen LogP contribution in [0.2, 0.25) is 0 Å². The molecular weight excluding hydrogens is 332 g/mol.